The number of nitrogens with zero attached hydrogens (tertiary/aromatic N) is 4. The first-order valence-electron chi connectivity index (χ1n) is 9.19. The van der Waals surface area contributed by atoms with Crippen LogP contribution in [0.3, 0.4) is 0 Å². The third-order valence-corrected chi connectivity index (χ3v) is 4.83. The van der Waals surface area contributed by atoms with Crippen LogP contribution in [0.15, 0.2) is 47.4 Å². The number of hydrogen-bond donors (Lipinski definition) is 1. The quantitative estimate of drug-likeness (QED) is 0.598. The number of carbonyl (C=O) groups is 1. The summed E-state index contributed by atoms with van der Waals surface area (Å²) >= 11 is 0. The van der Waals surface area contributed by atoms with Crippen LogP contribution in [0, 0.1) is 10.1 Å². The fourth-order valence-electron chi connectivity index (χ4n) is 3.25. The van der Waals surface area contributed by atoms with Crippen molar-refractivity contribution in [2.75, 3.05) is 42.9 Å². The molecule has 1 aliphatic rings. The maximum atomic E-state index is 12.5. The highest BCUT2D eigenvalue weighted by Gasteiger charge is 2.19. The molecule has 9 heteroatoms. The Labute approximate surface area is 162 Å². The van der Waals surface area contributed by atoms with Crippen molar-refractivity contribution in [3.63, 3.8) is 0 Å². The Morgan fingerprint density at radius 2 is 1.86 bits per heavy atom. The maximum absolute atomic E-state index is 12.5. The Kier molecular flexibility index (Phi) is 6.05. The summed E-state index contributed by atoms with van der Waals surface area (Å²) in [4.78, 5) is 39.3. The highest BCUT2D eigenvalue weighted by atomic mass is 16.6. The molecule has 1 aliphatic heterocycles. The van der Waals surface area contributed by atoms with E-state index in [4.69, 9.17) is 0 Å². The third kappa shape index (κ3) is 4.55. The first kappa shape index (κ1) is 19.6. The number of anilines is 2. The van der Waals surface area contributed by atoms with Crippen LogP contribution in [-0.2, 0) is 11.3 Å². The van der Waals surface area contributed by atoms with Gasteiger partial charge in [-0.05, 0) is 18.7 Å². The van der Waals surface area contributed by atoms with E-state index in [2.05, 4.69) is 22.0 Å². The zero-order chi connectivity index (χ0) is 20.1. The molecule has 0 saturated carbocycles. The molecule has 3 rings (SSSR count). The molecule has 0 unspecified atom stereocenters. The highest BCUT2D eigenvalue weighted by molar-refractivity contribution is 5.94. The fraction of sp³-hybridized carbons (Fsp3) is 0.368. The summed E-state index contributed by atoms with van der Waals surface area (Å²) in [6.45, 7) is 6.52. The zero-order valence-corrected chi connectivity index (χ0v) is 15.7. The predicted octanol–water partition coefficient (Wildman–Crippen LogP) is 1.54. The number of carbonyl (C=O) groups excluding carboxylic acids is 1. The second kappa shape index (κ2) is 8.66. The van der Waals surface area contributed by atoms with Crippen molar-refractivity contribution in [1.29, 1.82) is 0 Å². The Morgan fingerprint density at radius 3 is 2.54 bits per heavy atom. The Bertz CT molecular complexity index is 919. The van der Waals surface area contributed by atoms with Gasteiger partial charge in [0.1, 0.15) is 6.54 Å². The lowest BCUT2D eigenvalue weighted by Gasteiger charge is -2.36. The molecular formula is C19H23N5O4. The van der Waals surface area contributed by atoms with Crippen molar-refractivity contribution >= 4 is 23.0 Å². The Balaban J connectivity index is 1.72. The minimum atomic E-state index is -0.598. The Morgan fingerprint density at radius 1 is 1.14 bits per heavy atom. The predicted molar refractivity (Wildman–Crippen MR) is 107 cm³/mol. The van der Waals surface area contributed by atoms with Crippen LogP contribution in [0.25, 0.3) is 0 Å². The van der Waals surface area contributed by atoms with Crippen molar-refractivity contribution in [2.45, 2.75) is 13.5 Å². The molecule has 28 heavy (non-hydrogen) atoms. The van der Waals surface area contributed by atoms with Crippen LogP contribution < -0.4 is 15.8 Å². The molecule has 2 heterocycles. The molecule has 1 N–H and O–H groups in total. The summed E-state index contributed by atoms with van der Waals surface area (Å²) in [5, 5.41) is 13.7. The minimum absolute atomic E-state index is 0.235. The summed E-state index contributed by atoms with van der Waals surface area (Å²) in [5.41, 5.74) is 0.889. The molecule has 0 atom stereocenters. The van der Waals surface area contributed by atoms with Gasteiger partial charge in [-0.25, -0.2) is 0 Å². The lowest BCUT2D eigenvalue weighted by Crippen LogP contribution is -2.46. The van der Waals surface area contributed by atoms with Gasteiger partial charge in [-0.15, -0.1) is 0 Å². The summed E-state index contributed by atoms with van der Waals surface area (Å²) in [6.07, 6.45) is 1.08. The summed E-state index contributed by atoms with van der Waals surface area (Å²) in [5.74, 6) is -0.415. The number of nitrogens with one attached hydrogen (secondary N) is 1. The third-order valence-electron chi connectivity index (χ3n) is 4.83. The van der Waals surface area contributed by atoms with Gasteiger partial charge in [0.05, 0.1) is 22.5 Å². The SMILES string of the molecule is CCN1CCN(c2ccccc2NC(=O)Cn2cc([N+](=O)[O-])ccc2=O)CC1. The number of hydrogen-bond acceptors (Lipinski definition) is 6. The van der Waals surface area contributed by atoms with Crippen molar-refractivity contribution in [3.05, 3.63) is 63.1 Å². The molecule has 0 aliphatic carbocycles. The van der Waals surface area contributed by atoms with Crippen LogP contribution in [0.2, 0.25) is 0 Å². The molecule has 1 aromatic carbocycles. The number of pyridine rings is 1. The molecule has 1 saturated heterocycles. The highest BCUT2D eigenvalue weighted by Crippen LogP contribution is 2.26. The van der Waals surface area contributed by atoms with E-state index in [-0.39, 0.29) is 12.2 Å². The fourth-order valence-corrected chi connectivity index (χ4v) is 3.25. The van der Waals surface area contributed by atoms with E-state index in [1.165, 1.54) is 0 Å². The van der Waals surface area contributed by atoms with E-state index in [1.807, 2.05) is 24.3 Å². The molecule has 148 valence electrons. The van der Waals surface area contributed by atoms with Gasteiger partial charge in [-0.2, -0.15) is 0 Å². The van der Waals surface area contributed by atoms with Crippen LogP contribution in [-0.4, -0.2) is 53.0 Å². The molecule has 1 aromatic heterocycles. The summed E-state index contributed by atoms with van der Waals surface area (Å²) in [7, 11) is 0. The standard InChI is InChI=1S/C19H23N5O4/c1-2-21-9-11-22(12-10-21)17-6-4-3-5-16(17)20-18(25)14-23-13-15(24(27)28)7-8-19(23)26/h3-8,13H,2,9-12,14H2,1H3,(H,20,25). The van der Waals surface area contributed by atoms with Gasteiger partial charge in [0.2, 0.25) is 5.91 Å². The largest absolute Gasteiger partial charge is 0.367 e. The number of benzene rings is 1. The molecule has 0 bridgehead atoms. The second-order valence-electron chi connectivity index (χ2n) is 6.60. The molecule has 0 spiro atoms. The number of nitro groups is 1. The van der Waals surface area contributed by atoms with Crippen LogP contribution in [0.1, 0.15) is 6.92 Å². The van der Waals surface area contributed by atoms with Gasteiger partial charge >= 0.3 is 0 Å². The first-order valence-corrected chi connectivity index (χ1v) is 9.19. The van der Waals surface area contributed by atoms with Crippen LogP contribution in [0.5, 0.6) is 0 Å². The number of para-hydroxylation sites is 2. The van der Waals surface area contributed by atoms with Gasteiger partial charge in [0, 0.05) is 38.3 Å². The smallest absolute Gasteiger partial charge is 0.285 e. The van der Waals surface area contributed by atoms with Crippen molar-refractivity contribution < 1.29 is 9.72 Å². The van der Waals surface area contributed by atoms with E-state index in [1.54, 1.807) is 0 Å². The van der Waals surface area contributed by atoms with Crippen LogP contribution >= 0.6 is 0 Å². The summed E-state index contributed by atoms with van der Waals surface area (Å²) < 4.78 is 1.04. The number of aromatic nitrogens is 1. The number of piperazine rings is 1. The molecule has 2 aromatic rings. The van der Waals surface area contributed by atoms with Gasteiger partial charge in [0.25, 0.3) is 11.2 Å². The van der Waals surface area contributed by atoms with Gasteiger partial charge in [0.15, 0.2) is 0 Å². The lowest BCUT2D eigenvalue weighted by atomic mass is 10.2. The molecule has 0 radical (unpaired) electrons. The van der Waals surface area contributed by atoms with Gasteiger partial charge in [-0.3, -0.25) is 24.3 Å². The van der Waals surface area contributed by atoms with E-state index in [0.717, 1.165) is 61.3 Å². The average Bonchev–Trinajstić information content (AvgIpc) is 2.70. The monoisotopic (exact) mass is 385 g/mol. The topological polar surface area (TPSA) is 101 Å². The zero-order valence-electron chi connectivity index (χ0n) is 15.7. The molecule has 9 nitrogen and oxygen atoms in total. The number of likely N-dealkylation sites (N-methyl/N-ethyl adjacent to an activating group) is 1. The van der Waals surface area contributed by atoms with Crippen molar-refractivity contribution in [3.8, 4) is 0 Å². The van der Waals surface area contributed by atoms with E-state index >= 15 is 0 Å². The minimum Gasteiger partial charge on any atom is -0.367 e. The molecule has 1 amide bonds. The molecular weight excluding hydrogens is 362 g/mol. The van der Waals surface area contributed by atoms with Gasteiger partial charge < -0.3 is 15.1 Å². The van der Waals surface area contributed by atoms with E-state index in [9.17, 15) is 19.7 Å². The van der Waals surface area contributed by atoms with E-state index in [0.29, 0.717) is 5.69 Å². The van der Waals surface area contributed by atoms with Crippen molar-refractivity contribution in [2.24, 2.45) is 0 Å². The first-order chi connectivity index (χ1) is 13.5. The average molecular weight is 385 g/mol. The van der Waals surface area contributed by atoms with Crippen molar-refractivity contribution in [1.82, 2.24) is 9.47 Å². The van der Waals surface area contributed by atoms with Gasteiger partial charge in [-0.1, -0.05) is 19.1 Å². The van der Waals surface area contributed by atoms with Crippen LogP contribution in [0.4, 0.5) is 17.1 Å². The lowest BCUT2D eigenvalue weighted by molar-refractivity contribution is -0.385. The normalized spacial score (nSPS) is 14.7. The number of amides is 1. The summed E-state index contributed by atoms with van der Waals surface area (Å²) in [6, 6.07) is 9.74. The maximum Gasteiger partial charge on any atom is 0.285 e. The second-order valence-corrected chi connectivity index (χ2v) is 6.60. The number of rotatable bonds is 6. The Hall–Kier alpha value is -3.20. The molecule has 1 fully saturated rings. The van der Waals surface area contributed by atoms with E-state index < -0.39 is 16.4 Å².